The molecule has 1 heterocycles. The van der Waals surface area contributed by atoms with Gasteiger partial charge in [-0.25, -0.2) is 0 Å². The van der Waals surface area contributed by atoms with E-state index in [1.807, 2.05) is 6.92 Å². The third-order valence-electron chi connectivity index (χ3n) is 2.10. The Morgan fingerprint density at radius 2 is 2.55 bits per heavy atom. The monoisotopic (exact) mass is 170 g/mol. The first-order chi connectivity index (χ1) is 5.34. The first kappa shape index (κ1) is 7.22. The minimum absolute atomic E-state index is 0.0145. The number of hydrogen-bond acceptors (Lipinski definition) is 3. The summed E-state index contributed by atoms with van der Waals surface area (Å²) in [5.74, 6) is 0.642. The highest BCUT2D eigenvalue weighted by molar-refractivity contribution is 8.03. The van der Waals surface area contributed by atoms with Crippen LogP contribution in [0.1, 0.15) is 6.92 Å². The molecule has 2 aliphatic rings. The second-order valence-electron chi connectivity index (χ2n) is 2.78. The molecule has 0 saturated heterocycles. The van der Waals surface area contributed by atoms with Crippen molar-refractivity contribution in [2.24, 2.45) is 11.8 Å². The molecule has 0 aromatic rings. The molecule has 0 radical (unpaired) electrons. The minimum Gasteiger partial charge on any atom is -0.466 e. The van der Waals surface area contributed by atoms with E-state index >= 15 is 0 Å². The first-order valence-electron chi connectivity index (χ1n) is 3.83. The van der Waals surface area contributed by atoms with E-state index < -0.39 is 0 Å². The van der Waals surface area contributed by atoms with E-state index in [4.69, 9.17) is 4.74 Å². The molecule has 0 unspecified atom stereocenters. The van der Waals surface area contributed by atoms with Crippen LogP contribution in [0.5, 0.6) is 0 Å². The smallest absolute Gasteiger partial charge is 0.310 e. The summed E-state index contributed by atoms with van der Waals surface area (Å²) in [6, 6.07) is 0. The van der Waals surface area contributed by atoms with Crippen molar-refractivity contribution in [3.05, 3.63) is 11.5 Å². The topological polar surface area (TPSA) is 26.3 Å². The number of fused-ring (bicyclic) bond motifs is 1. The molecule has 2 rings (SSSR count). The molecule has 0 bridgehead atoms. The molecule has 1 saturated carbocycles. The molecule has 3 atom stereocenters. The van der Waals surface area contributed by atoms with Crippen LogP contribution in [0.25, 0.3) is 0 Å². The molecule has 11 heavy (non-hydrogen) atoms. The SMILES string of the molecule is CCOC(=O)[C@@H]1[C@@H]2C=CS[C@H]21. The van der Waals surface area contributed by atoms with E-state index in [1.165, 1.54) is 0 Å². The Balaban J connectivity index is 1.90. The van der Waals surface area contributed by atoms with Crippen LogP contribution in [-0.4, -0.2) is 17.8 Å². The summed E-state index contributed by atoms with van der Waals surface area (Å²) >= 11 is 1.75. The van der Waals surface area contributed by atoms with Gasteiger partial charge < -0.3 is 4.74 Å². The summed E-state index contributed by atoms with van der Waals surface area (Å²) in [7, 11) is 0. The first-order valence-corrected chi connectivity index (χ1v) is 4.77. The summed E-state index contributed by atoms with van der Waals surface area (Å²) in [4.78, 5) is 11.1. The zero-order chi connectivity index (χ0) is 7.84. The van der Waals surface area contributed by atoms with E-state index in [1.54, 1.807) is 11.8 Å². The number of esters is 1. The molecular weight excluding hydrogens is 160 g/mol. The highest BCUT2D eigenvalue weighted by Gasteiger charge is 2.56. The van der Waals surface area contributed by atoms with Crippen molar-refractivity contribution in [1.82, 2.24) is 0 Å². The molecule has 1 aliphatic carbocycles. The molecule has 0 N–H and O–H groups in total. The molecule has 1 fully saturated rings. The van der Waals surface area contributed by atoms with Crippen molar-refractivity contribution in [1.29, 1.82) is 0 Å². The summed E-state index contributed by atoms with van der Waals surface area (Å²) in [5, 5.41) is 2.58. The highest BCUT2D eigenvalue weighted by Crippen LogP contribution is 2.54. The van der Waals surface area contributed by atoms with Gasteiger partial charge in [0.1, 0.15) is 0 Å². The van der Waals surface area contributed by atoms with E-state index in [0.717, 1.165) is 0 Å². The number of ether oxygens (including phenoxy) is 1. The maximum absolute atomic E-state index is 11.1. The van der Waals surface area contributed by atoms with E-state index in [-0.39, 0.29) is 11.9 Å². The molecule has 0 aromatic heterocycles. The molecule has 0 aromatic carbocycles. The van der Waals surface area contributed by atoms with Crippen LogP contribution in [0, 0.1) is 11.8 Å². The van der Waals surface area contributed by atoms with Crippen LogP contribution >= 0.6 is 11.8 Å². The van der Waals surface area contributed by atoms with E-state index in [0.29, 0.717) is 17.8 Å². The van der Waals surface area contributed by atoms with Gasteiger partial charge in [-0.15, -0.1) is 11.8 Å². The fourth-order valence-electron chi connectivity index (χ4n) is 1.47. The lowest BCUT2D eigenvalue weighted by atomic mass is 10.3. The Hall–Kier alpha value is -0.440. The molecule has 0 amide bonds. The van der Waals surface area contributed by atoms with Gasteiger partial charge in [-0.05, 0) is 12.3 Å². The maximum Gasteiger partial charge on any atom is 0.310 e. The number of hydrogen-bond donors (Lipinski definition) is 0. The average molecular weight is 170 g/mol. The zero-order valence-electron chi connectivity index (χ0n) is 6.32. The average Bonchev–Trinajstić information content (AvgIpc) is 2.47. The summed E-state index contributed by atoms with van der Waals surface area (Å²) in [6.07, 6.45) is 2.11. The van der Waals surface area contributed by atoms with Gasteiger partial charge >= 0.3 is 5.97 Å². The Labute approximate surface area is 70.0 Å². The summed E-state index contributed by atoms with van der Waals surface area (Å²) in [6.45, 7) is 2.35. The fraction of sp³-hybridized carbons (Fsp3) is 0.625. The van der Waals surface area contributed by atoms with Crippen LogP contribution in [0.2, 0.25) is 0 Å². The van der Waals surface area contributed by atoms with Crippen molar-refractivity contribution in [3.63, 3.8) is 0 Å². The Bertz CT molecular complexity index is 212. The van der Waals surface area contributed by atoms with Gasteiger partial charge in [0.05, 0.1) is 12.5 Å². The second-order valence-corrected chi connectivity index (χ2v) is 3.87. The number of carbonyl (C=O) groups excluding carboxylic acids is 1. The van der Waals surface area contributed by atoms with Gasteiger partial charge in [-0.1, -0.05) is 6.08 Å². The summed E-state index contributed by atoms with van der Waals surface area (Å²) < 4.78 is 4.92. The lowest BCUT2D eigenvalue weighted by molar-refractivity contribution is -0.144. The van der Waals surface area contributed by atoms with Gasteiger partial charge in [-0.3, -0.25) is 4.79 Å². The van der Waals surface area contributed by atoms with Crippen LogP contribution in [0.4, 0.5) is 0 Å². The third kappa shape index (κ3) is 1.07. The second kappa shape index (κ2) is 2.55. The molecule has 3 heteroatoms. The van der Waals surface area contributed by atoms with Gasteiger partial charge in [0.2, 0.25) is 0 Å². The normalized spacial score (nSPS) is 38.5. The largest absolute Gasteiger partial charge is 0.466 e. The van der Waals surface area contributed by atoms with Crippen LogP contribution in [0.3, 0.4) is 0 Å². The number of allylic oxidation sites excluding steroid dienone is 1. The van der Waals surface area contributed by atoms with E-state index in [2.05, 4.69) is 11.5 Å². The van der Waals surface area contributed by atoms with Crippen molar-refractivity contribution >= 4 is 17.7 Å². The minimum atomic E-state index is -0.0145. The van der Waals surface area contributed by atoms with Crippen molar-refractivity contribution in [3.8, 4) is 0 Å². The Kier molecular flexibility index (Phi) is 1.68. The Morgan fingerprint density at radius 1 is 1.73 bits per heavy atom. The van der Waals surface area contributed by atoms with E-state index in [9.17, 15) is 4.79 Å². The number of thioether (sulfide) groups is 1. The van der Waals surface area contributed by atoms with Crippen LogP contribution in [-0.2, 0) is 9.53 Å². The molecule has 2 nitrogen and oxygen atoms in total. The van der Waals surface area contributed by atoms with Crippen molar-refractivity contribution in [2.75, 3.05) is 6.61 Å². The number of carbonyl (C=O) groups is 1. The van der Waals surface area contributed by atoms with Crippen molar-refractivity contribution in [2.45, 2.75) is 12.2 Å². The molecule has 1 aliphatic heterocycles. The third-order valence-corrected chi connectivity index (χ3v) is 3.34. The van der Waals surface area contributed by atoms with Gasteiger partial charge in [0, 0.05) is 11.2 Å². The predicted octanol–water partition coefficient (Wildman–Crippen LogP) is 1.42. The van der Waals surface area contributed by atoms with Gasteiger partial charge in [0.15, 0.2) is 0 Å². The summed E-state index contributed by atoms with van der Waals surface area (Å²) in [5.41, 5.74) is 0. The highest BCUT2D eigenvalue weighted by atomic mass is 32.2. The lowest BCUT2D eigenvalue weighted by Crippen LogP contribution is -2.09. The zero-order valence-corrected chi connectivity index (χ0v) is 7.14. The standard InChI is InChI=1S/C8H10O2S/c1-2-10-8(9)6-5-3-4-11-7(5)6/h3-7H,2H2,1H3/t5-,6+,7+/m0/s1. The van der Waals surface area contributed by atoms with Crippen LogP contribution < -0.4 is 0 Å². The van der Waals surface area contributed by atoms with Crippen molar-refractivity contribution < 1.29 is 9.53 Å². The predicted molar refractivity (Wildman–Crippen MR) is 44.1 cm³/mol. The van der Waals surface area contributed by atoms with Gasteiger partial charge in [-0.2, -0.15) is 0 Å². The Morgan fingerprint density at radius 3 is 3.09 bits per heavy atom. The quantitative estimate of drug-likeness (QED) is 0.586. The van der Waals surface area contributed by atoms with Crippen LogP contribution in [0.15, 0.2) is 11.5 Å². The lowest BCUT2D eigenvalue weighted by Gasteiger charge is -1.99. The maximum atomic E-state index is 11.1. The molecule has 0 spiro atoms. The molecule has 60 valence electrons. The number of rotatable bonds is 2. The van der Waals surface area contributed by atoms with Gasteiger partial charge in [0.25, 0.3) is 0 Å². The molecular formula is C8H10O2S. The fourth-order valence-corrected chi connectivity index (χ4v) is 2.73.